The average Bonchev–Trinajstić information content (AvgIpc) is 3.31. The van der Waals surface area contributed by atoms with E-state index in [9.17, 15) is 10.5 Å². The van der Waals surface area contributed by atoms with Gasteiger partial charge in [0.2, 0.25) is 0 Å². The minimum Gasteiger partial charge on any atom is -0.491 e. The predicted octanol–water partition coefficient (Wildman–Crippen LogP) is 3.61. The van der Waals surface area contributed by atoms with Crippen LogP contribution < -0.4 is 10.5 Å². The number of aromatic amines is 1. The highest BCUT2D eigenvalue weighted by atomic mass is 32.2. The van der Waals surface area contributed by atoms with Crippen LogP contribution in [0.25, 0.3) is 22.0 Å². The first kappa shape index (κ1) is 21.2. The van der Waals surface area contributed by atoms with Crippen molar-refractivity contribution in [3.63, 3.8) is 0 Å². The Morgan fingerprint density at radius 2 is 1.88 bits per heavy atom. The van der Waals surface area contributed by atoms with Crippen LogP contribution in [0.2, 0.25) is 0 Å². The van der Waals surface area contributed by atoms with E-state index in [1.807, 2.05) is 12.3 Å². The Morgan fingerprint density at radius 3 is 2.59 bits per heavy atom. The number of aliphatic hydroxyl groups excluding tert-OH is 1. The lowest BCUT2D eigenvalue weighted by Crippen LogP contribution is -2.04. The second-order valence-corrected chi connectivity index (χ2v) is 7.74. The Hall–Kier alpha value is -4.05. The van der Waals surface area contributed by atoms with Crippen LogP contribution in [0.5, 0.6) is 5.75 Å². The van der Waals surface area contributed by atoms with Crippen molar-refractivity contribution in [1.82, 2.24) is 15.0 Å². The quantitative estimate of drug-likeness (QED) is 0.368. The highest BCUT2D eigenvalue weighted by Gasteiger charge is 2.21. The molecule has 4 N–H and O–H groups in total. The Balaban J connectivity index is 1.73. The average molecular weight is 443 g/mol. The van der Waals surface area contributed by atoms with Gasteiger partial charge in [-0.25, -0.2) is 4.98 Å². The highest BCUT2D eigenvalue weighted by molar-refractivity contribution is 7.98. The molecule has 4 aromatic rings. The van der Waals surface area contributed by atoms with E-state index >= 15 is 0 Å². The fourth-order valence-electron chi connectivity index (χ4n) is 3.37. The maximum Gasteiger partial charge on any atom is 0.143 e. The van der Waals surface area contributed by atoms with Gasteiger partial charge in [-0.2, -0.15) is 10.5 Å². The number of fused-ring (bicyclic) bond motifs is 1. The summed E-state index contributed by atoms with van der Waals surface area (Å²) in [7, 11) is 0. The van der Waals surface area contributed by atoms with Crippen LogP contribution in [0.3, 0.4) is 0 Å². The summed E-state index contributed by atoms with van der Waals surface area (Å²) in [5.41, 5.74) is 9.57. The number of ether oxygens (including phenoxy) is 1. The molecule has 9 heteroatoms. The van der Waals surface area contributed by atoms with Crippen LogP contribution >= 0.6 is 11.8 Å². The third-order valence-corrected chi connectivity index (χ3v) is 5.87. The van der Waals surface area contributed by atoms with Gasteiger partial charge in [0.1, 0.15) is 40.9 Å². The molecule has 0 radical (unpaired) electrons. The summed E-state index contributed by atoms with van der Waals surface area (Å²) in [6.07, 6.45) is 5.40. The number of hydrogen-bond acceptors (Lipinski definition) is 8. The molecule has 0 aliphatic heterocycles. The summed E-state index contributed by atoms with van der Waals surface area (Å²) in [6.45, 7) is 0.0877. The minimum absolute atomic E-state index is 0.0718. The number of benzene rings is 1. The smallest absolute Gasteiger partial charge is 0.143 e. The molecule has 0 atom stereocenters. The molecule has 0 amide bonds. The lowest BCUT2D eigenvalue weighted by atomic mass is 9.97. The number of nitrogen functional groups attached to an aromatic ring is 1. The Morgan fingerprint density at radius 1 is 1.09 bits per heavy atom. The maximum absolute atomic E-state index is 9.95. The first-order valence-electron chi connectivity index (χ1n) is 9.66. The molecule has 0 bridgehead atoms. The van der Waals surface area contributed by atoms with Gasteiger partial charge < -0.3 is 20.6 Å². The van der Waals surface area contributed by atoms with Crippen LogP contribution in [0.4, 0.5) is 5.82 Å². The number of nitrogens with one attached hydrogen (secondary N) is 1. The Labute approximate surface area is 188 Å². The number of aliphatic hydroxyl groups is 1. The van der Waals surface area contributed by atoms with Gasteiger partial charge in [-0.15, -0.1) is 11.8 Å². The van der Waals surface area contributed by atoms with E-state index in [2.05, 4.69) is 27.1 Å². The minimum atomic E-state index is -0.0909. The van der Waals surface area contributed by atoms with Gasteiger partial charge in [0, 0.05) is 29.1 Å². The number of aromatic nitrogens is 3. The van der Waals surface area contributed by atoms with Crippen molar-refractivity contribution in [2.24, 2.45) is 0 Å². The van der Waals surface area contributed by atoms with Crippen molar-refractivity contribution in [2.75, 3.05) is 18.9 Å². The standard InChI is InChI=1S/C23H18N6O2S/c24-9-18-21(14-1-3-16(4-2-14)31-8-7-30)19(10-25)23(29-22(18)26)32-13-15-11-27-12-20-17(15)5-6-28-20/h1-6,11-12,28,30H,7-8,13H2,(H2,26,29). The van der Waals surface area contributed by atoms with E-state index in [0.29, 0.717) is 33.2 Å². The predicted molar refractivity (Wildman–Crippen MR) is 122 cm³/mol. The maximum atomic E-state index is 9.95. The largest absolute Gasteiger partial charge is 0.491 e. The van der Waals surface area contributed by atoms with Gasteiger partial charge in [0.25, 0.3) is 0 Å². The number of thioether (sulfide) groups is 1. The summed E-state index contributed by atoms with van der Waals surface area (Å²) >= 11 is 1.37. The van der Waals surface area contributed by atoms with Gasteiger partial charge in [-0.1, -0.05) is 12.1 Å². The first-order valence-corrected chi connectivity index (χ1v) is 10.6. The lowest BCUT2D eigenvalue weighted by Gasteiger charge is -2.14. The summed E-state index contributed by atoms with van der Waals surface area (Å²) in [5, 5.41) is 30.1. The molecule has 0 saturated carbocycles. The molecule has 0 spiro atoms. The van der Waals surface area contributed by atoms with E-state index < -0.39 is 0 Å². The Bertz CT molecular complexity index is 1350. The molecule has 1 aromatic carbocycles. The molecule has 0 unspecified atom stereocenters. The molecular weight excluding hydrogens is 424 g/mol. The molecule has 3 aromatic heterocycles. The molecule has 8 nitrogen and oxygen atoms in total. The number of pyridine rings is 2. The third-order valence-electron chi connectivity index (χ3n) is 4.84. The zero-order chi connectivity index (χ0) is 22.5. The van der Waals surface area contributed by atoms with Crippen molar-refractivity contribution >= 4 is 28.5 Å². The number of nitrogens with two attached hydrogens (primary N) is 1. The van der Waals surface area contributed by atoms with Gasteiger partial charge >= 0.3 is 0 Å². The van der Waals surface area contributed by atoms with E-state index in [0.717, 1.165) is 16.5 Å². The van der Waals surface area contributed by atoms with Crippen LogP contribution in [-0.2, 0) is 5.75 Å². The summed E-state index contributed by atoms with van der Waals surface area (Å²) in [4.78, 5) is 11.7. The van der Waals surface area contributed by atoms with Crippen molar-refractivity contribution in [2.45, 2.75) is 10.8 Å². The molecule has 158 valence electrons. The summed E-state index contributed by atoms with van der Waals surface area (Å²) in [5.74, 6) is 1.17. The first-order chi connectivity index (χ1) is 15.7. The fourth-order valence-corrected chi connectivity index (χ4v) is 4.35. The molecule has 0 saturated heterocycles. The number of nitriles is 2. The van der Waals surface area contributed by atoms with E-state index in [4.69, 9.17) is 15.6 Å². The molecular formula is C23H18N6O2S. The van der Waals surface area contributed by atoms with Crippen molar-refractivity contribution in [1.29, 1.82) is 10.5 Å². The number of rotatable bonds is 7. The monoisotopic (exact) mass is 442 g/mol. The van der Waals surface area contributed by atoms with Crippen LogP contribution in [0.15, 0.2) is 53.9 Å². The third kappa shape index (κ3) is 4.08. The van der Waals surface area contributed by atoms with E-state index in [1.165, 1.54) is 11.8 Å². The van der Waals surface area contributed by atoms with E-state index in [1.54, 1.807) is 36.7 Å². The van der Waals surface area contributed by atoms with Crippen molar-refractivity contribution < 1.29 is 9.84 Å². The van der Waals surface area contributed by atoms with Gasteiger partial charge in [-0.05, 0) is 29.3 Å². The number of hydrogen-bond donors (Lipinski definition) is 3. The van der Waals surface area contributed by atoms with E-state index in [-0.39, 0.29) is 24.6 Å². The van der Waals surface area contributed by atoms with Gasteiger partial charge in [0.15, 0.2) is 0 Å². The van der Waals surface area contributed by atoms with Crippen LogP contribution in [-0.4, -0.2) is 33.3 Å². The number of nitrogens with zero attached hydrogens (tertiary/aromatic N) is 4. The second kappa shape index (κ2) is 9.40. The van der Waals surface area contributed by atoms with Crippen molar-refractivity contribution in [3.8, 4) is 29.0 Å². The summed E-state index contributed by atoms with van der Waals surface area (Å²) in [6, 6.07) is 13.2. The molecule has 0 aliphatic rings. The Kier molecular flexibility index (Phi) is 6.22. The van der Waals surface area contributed by atoms with Gasteiger partial charge in [-0.3, -0.25) is 4.98 Å². The highest BCUT2D eigenvalue weighted by Crippen LogP contribution is 2.37. The topological polar surface area (TPSA) is 145 Å². The molecule has 4 rings (SSSR count). The second-order valence-electron chi connectivity index (χ2n) is 6.77. The van der Waals surface area contributed by atoms with Crippen LogP contribution in [0.1, 0.15) is 16.7 Å². The van der Waals surface area contributed by atoms with Gasteiger partial charge in [0.05, 0.1) is 23.9 Å². The SMILES string of the molecule is N#Cc1c(N)nc(SCc2cncc3[nH]ccc23)c(C#N)c1-c1ccc(OCCO)cc1. The molecule has 32 heavy (non-hydrogen) atoms. The molecule has 3 heterocycles. The summed E-state index contributed by atoms with van der Waals surface area (Å²) < 4.78 is 5.39. The molecule has 0 fully saturated rings. The number of H-pyrrole nitrogens is 1. The molecule has 0 aliphatic carbocycles. The zero-order valence-electron chi connectivity index (χ0n) is 16.9. The normalized spacial score (nSPS) is 10.6. The van der Waals surface area contributed by atoms with Crippen molar-refractivity contribution in [3.05, 3.63) is 65.6 Å². The zero-order valence-corrected chi connectivity index (χ0v) is 17.7. The fraction of sp³-hybridized carbons (Fsp3) is 0.130. The lowest BCUT2D eigenvalue weighted by molar-refractivity contribution is 0.201. The van der Waals surface area contributed by atoms with Crippen LogP contribution in [0, 0.1) is 22.7 Å². The number of anilines is 1.